The van der Waals surface area contributed by atoms with Crippen molar-refractivity contribution in [2.45, 2.75) is 40.2 Å². The van der Waals surface area contributed by atoms with Crippen LogP contribution < -0.4 is 0 Å². The predicted molar refractivity (Wildman–Crippen MR) is 167 cm³/mol. The SMILES string of the molecule is C1=C2CCC3=Cc4ccccc4[CH]3[Zr]3([CH]2c2ccccc21)[CH]1C(=Cc2ccccc21)CCC1=Cc2ccccc2[CH]13. The first kappa shape index (κ1) is 23.3. The summed E-state index contributed by atoms with van der Waals surface area (Å²) in [5, 5.41) is 0. The van der Waals surface area contributed by atoms with Crippen molar-refractivity contribution in [3.05, 3.63) is 164 Å². The van der Waals surface area contributed by atoms with Crippen LogP contribution in [-0.2, 0) is 20.3 Å². The van der Waals surface area contributed by atoms with E-state index >= 15 is 0 Å². The van der Waals surface area contributed by atoms with Crippen LogP contribution in [-0.4, -0.2) is 0 Å². The van der Waals surface area contributed by atoms with Gasteiger partial charge in [-0.25, -0.2) is 0 Å². The van der Waals surface area contributed by atoms with E-state index in [4.69, 9.17) is 0 Å². The van der Waals surface area contributed by atoms with E-state index in [1.165, 1.54) is 47.9 Å². The molecule has 0 N–H and O–H groups in total. The zero-order valence-electron chi connectivity index (χ0n) is 23.2. The van der Waals surface area contributed by atoms with Gasteiger partial charge < -0.3 is 0 Å². The number of hydrogen-bond donors (Lipinski definition) is 0. The molecule has 0 nitrogen and oxygen atoms in total. The molecule has 2 aliphatic heterocycles. The van der Waals surface area contributed by atoms with Crippen LogP contribution in [0.4, 0.5) is 0 Å². The van der Waals surface area contributed by atoms with Crippen molar-refractivity contribution in [2.75, 3.05) is 0 Å². The molecule has 0 saturated carbocycles. The summed E-state index contributed by atoms with van der Waals surface area (Å²) >= 11 is -3.70. The fourth-order valence-corrected chi connectivity index (χ4v) is 31.7. The van der Waals surface area contributed by atoms with E-state index in [0.717, 1.165) is 0 Å². The zero-order valence-corrected chi connectivity index (χ0v) is 25.6. The monoisotopic (exact) mass is 602 g/mol. The third kappa shape index (κ3) is 2.94. The quantitative estimate of drug-likeness (QED) is 0.188. The molecule has 1 spiro atoms. The van der Waals surface area contributed by atoms with Gasteiger partial charge in [0.1, 0.15) is 0 Å². The molecule has 41 heavy (non-hydrogen) atoms. The summed E-state index contributed by atoms with van der Waals surface area (Å²) in [5.41, 5.74) is 19.6. The zero-order chi connectivity index (χ0) is 26.7. The Bertz CT molecular complexity index is 1650. The molecule has 2 heterocycles. The van der Waals surface area contributed by atoms with Crippen molar-refractivity contribution < 1.29 is 20.3 Å². The summed E-state index contributed by atoms with van der Waals surface area (Å²) in [4.78, 5) is 0. The van der Waals surface area contributed by atoms with Gasteiger partial charge in [-0.2, -0.15) is 0 Å². The molecule has 4 aliphatic carbocycles. The molecule has 0 bridgehead atoms. The summed E-state index contributed by atoms with van der Waals surface area (Å²) in [6.07, 6.45) is 15.4. The molecular weight excluding hydrogens is 572 g/mol. The van der Waals surface area contributed by atoms with Crippen molar-refractivity contribution in [2.24, 2.45) is 0 Å². The van der Waals surface area contributed by atoms with Gasteiger partial charge in [-0.1, -0.05) is 0 Å². The van der Waals surface area contributed by atoms with Crippen molar-refractivity contribution in [1.82, 2.24) is 0 Å². The van der Waals surface area contributed by atoms with E-state index in [1.54, 1.807) is 44.5 Å². The van der Waals surface area contributed by atoms with E-state index in [1.807, 2.05) is 0 Å². The van der Waals surface area contributed by atoms with Gasteiger partial charge >= 0.3 is 249 Å². The summed E-state index contributed by atoms with van der Waals surface area (Å²) in [7, 11) is 0. The third-order valence-corrected chi connectivity index (χ3v) is 28.0. The van der Waals surface area contributed by atoms with Gasteiger partial charge in [-0.3, -0.25) is 0 Å². The normalized spacial score (nSPS) is 29.3. The summed E-state index contributed by atoms with van der Waals surface area (Å²) in [6, 6.07) is 38.1. The summed E-state index contributed by atoms with van der Waals surface area (Å²) < 4.78 is 2.33. The average molecular weight is 604 g/mol. The first-order chi connectivity index (χ1) is 20.3. The molecule has 0 amide bonds. The summed E-state index contributed by atoms with van der Waals surface area (Å²) in [5.74, 6) is 0. The van der Waals surface area contributed by atoms with Gasteiger partial charge in [-0.05, 0) is 0 Å². The van der Waals surface area contributed by atoms with Gasteiger partial charge in [0.2, 0.25) is 0 Å². The molecule has 4 atom stereocenters. The molecule has 4 unspecified atom stereocenters. The second-order valence-corrected chi connectivity index (χ2v) is 23.7. The van der Waals surface area contributed by atoms with Gasteiger partial charge in [0.05, 0.1) is 0 Å². The molecule has 196 valence electrons. The van der Waals surface area contributed by atoms with Gasteiger partial charge in [0.15, 0.2) is 0 Å². The minimum atomic E-state index is -3.70. The van der Waals surface area contributed by atoms with E-state index in [0.29, 0.717) is 14.5 Å². The molecule has 4 aromatic carbocycles. The topological polar surface area (TPSA) is 0 Å². The Balaban J connectivity index is 1.39. The fourth-order valence-electron chi connectivity index (χ4n) is 10.4. The van der Waals surface area contributed by atoms with Crippen LogP contribution in [0.25, 0.3) is 24.3 Å². The molecule has 0 aromatic heterocycles. The van der Waals surface area contributed by atoms with Crippen LogP contribution in [0.3, 0.4) is 0 Å². The first-order valence-corrected chi connectivity index (χ1v) is 21.2. The Kier molecular flexibility index (Phi) is 4.77. The van der Waals surface area contributed by atoms with Crippen LogP contribution in [0.5, 0.6) is 0 Å². The molecule has 1 heteroatoms. The number of hydrogen-bond acceptors (Lipinski definition) is 0. The average Bonchev–Trinajstić information content (AvgIpc) is 3.74. The predicted octanol–water partition coefficient (Wildman–Crippen LogP) is 10.3. The Hall–Kier alpha value is -3.28. The number of rotatable bonds is 0. The number of allylic oxidation sites excluding steroid dienone is 4. The first-order valence-electron chi connectivity index (χ1n) is 15.5. The van der Waals surface area contributed by atoms with E-state index in [-0.39, 0.29) is 0 Å². The van der Waals surface area contributed by atoms with Crippen LogP contribution >= 0.6 is 0 Å². The molecular formula is C40H32Zr. The van der Waals surface area contributed by atoms with Crippen LogP contribution in [0.1, 0.15) is 84.7 Å². The molecule has 10 rings (SSSR count). The van der Waals surface area contributed by atoms with Crippen molar-refractivity contribution in [1.29, 1.82) is 0 Å². The van der Waals surface area contributed by atoms with Gasteiger partial charge in [0, 0.05) is 0 Å². The van der Waals surface area contributed by atoms with E-state index < -0.39 is 20.3 Å². The number of fused-ring (bicyclic) bond motifs is 16. The Morgan fingerprint density at radius 3 is 0.854 bits per heavy atom. The second-order valence-electron chi connectivity index (χ2n) is 13.1. The Morgan fingerprint density at radius 2 is 0.585 bits per heavy atom. The minimum absolute atomic E-state index is 0.583. The van der Waals surface area contributed by atoms with Crippen molar-refractivity contribution in [3.63, 3.8) is 0 Å². The Morgan fingerprint density at radius 1 is 0.341 bits per heavy atom. The standard InChI is InChI=1S/2C20H16.Zr/c2*1-2-6-18-12-15(11-17(18)5-1)9-10-16-13-19-7-3-4-8-20(19)14-16;/h2*1-8,11-14H,9-10H2;. The van der Waals surface area contributed by atoms with Crippen LogP contribution in [0, 0.1) is 0 Å². The maximum atomic E-state index is 2.64. The van der Waals surface area contributed by atoms with E-state index in [9.17, 15) is 0 Å². The second kappa shape index (κ2) is 8.39. The Labute approximate surface area is 247 Å². The van der Waals surface area contributed by atoms with E-state index in [2.05, 4.69) is 121 Å². The molecule has 2 saturated heterocycles. The van der Waals surface area contributed by atoms with Crippen molar-refractivity contribution >= 4 is 24.3 Å². The van der Waals surface area contributed by atoms with Crippen LogP contribution in [0.15, 0.2) is 119 Å². The van der Waals surface area contributed by atoms with Gasteiger partial charge in [-0.15, -0.1) is 0 Å². The number of benzene rings is 4. The van der Waals surface area contributed by atoms with Crippen molar-refractivity contribution in [3.8, 4) is 0 Å². The van der Waals surface area contributed by atoms with Gasteiger partial charge in [0.25, 0.3) is 0 Å². The van der Waals surface area contributed by atoms with Crippen LogP contribution in [0.2, 0.25) is 0 Å². The third-order valence-electron chi connectivity index (χ3n) is 11.5. The molecule has 0 radical (unpaired) electrons. The maximum absolute atomic E-state index is 3.70. The fraction of sp³-hybridized carbons (Fsp3) is 0.200. The summed E-state index contributed by atoms with van der Waals surface area (Å²) in [6.45, 7) is 0. The molecule has 6 aliphatic rings. The molecule has 4 aromatic rings. The molecule has 2 fully saturated rings.